The molecule has 2 amide bonds. The number of carboxylic acid groups (broad SMARTS) is 1. The minimum Gasteiger partial charge on any atom is -0.477 e. The maximum atomic E-state index is 13.0. The highest BCUT2D eigenvalue weighted by atomic mass is 32.2. The number of Topliss-reactive ketones (excluding diaryl/α,β-unsaturated/α-hetero) is 1. The molecule has 182 valence electrons. The van der Waals surface area contributed by atoms with Crippen LogP contribution in [0.2, 0.25) is 0 Å². The summed E-state index contributed by atoms with van der Waals surface area (Å²) in [4.78, 5) is 53.7. The molecular weight excluding hydrogens is 442 g/mol. The van der Waals surface area contributed by atoms with Crippen LogP contribution in [0.25, 0.3) is 0 Å². The lowest BCUT2D eigenvalue weighted by atomic mass is 9.73. The van der Waals surface area contributed by atoms with E-state index < -0.39 is 5.97 Å². The van der Waals surface area contributed by atoms with Crippen LogP contribution in [-0.2, 0) is 19.2 Å². The molecule has 1 aliphatic carbocycles. The first-order valence-corrected chi connectivity index (χ1v) is 13.0. The first-order chi connectivity index (χ1) is 15.6. The number of carbonyl (C=O) groups is 4. The van der Waals surface area contributed by atoms with Crippen LogP contribution in [0.4, 0.5) is 0 Å². The van der Waals surface area contributed by atoms with Crippen molar-refractivity contribution in [3.8, 4) is 0 Å². The topological polar surface area (TPSA) is 107 Å². The maximum Gasteiger partial charge on any atom is 0.353 e. The monoisotopic (exact) mass is 477 g/mol. The summed E-state index contributed by atoms with van der Waals surface area (Å²) in [7, 11) is 1.89. The molecule has 0 unspecified atom stereocenters. The number of thioether (sulfide) groups is 1. The number of β-lactam (4-membered cyclic amide) rings is 1. The van der Waals surface area contributed by atoms with E-state index in [9.17, 15) is 24.3 Å². The van der Waals surface area contributed by atoms with Gasteiger partial charge in [0.05, 0.1) is 18.0 Å². The number of hydrogen-bond acceptors (Lipinski definition) is 6. The van der Waals surface area contributed by atoms with Gasteiger partial charge in [-0.15, -0.1) is 11.8 Å². The summed E-state index contributed by atoms with van der Waals surface area (Å²) in [5.74, 6) is -1.66. The van der Waals surface area contributed by atoms with Crippen LogP contribution in [0, 0.1) is 17.8 Å². The smallest absolute Gasteiger partial charge is 0.353 e. The van der Waals surface area contributed by atoms with Crippen molar-refractivity contribution in [3.63, 3.8) is 0 Å². The lowest BCUT2D eigenvalue weighted by Gasteiger charge is -2.47. The third kappa shape index (κ3) is 4.34. The molecule has 4 rings (SSSR count). The average molecular weight is 478 g/mol. The molecule has 1 saturated carbocycles. The molecule has 2 N–H and O–H groups in total. The van der Waals surface area contributed by atoms with E-state index in [0.717, 1.165) is 17.7 Å². The van der Waals surface area contributed by atoms with Gasteiger partial charge in [0, 0.05) is 42.1 Å². The molecule has 0 radical (unpaired) electrons. The predicted molar refractivity (Wildman–Crippen MR) is 125 cm³/mol. The van der Waals surface area contributed by atoms with Crippen molar-refractivity contribution in [1.29, 1.82) is 0 Å². The minimum absolute atomic E-state index is 0.0377. The summed E-state index contributed by atoms with van der Waals surface area (Å²) in [6, 6.07) is -0.132. The first kappa shape index (κ1) is 24.3. The number of rotatable bonds is 8. The third-order valence-electron chi connectivity index (χ3n) is 7.92. The number of likely N-dealkylation sites (N-methyl/N-ethyl adjacent to an activating group) is 1. The standard InChI is InChI=1S/C24H35N3O5S/c1-12(9-13(2)28)18-19-14(3)21(20(24(31)32)27(19)23(18)30)33-16-10-17(25-11-16)22(29)26(4)15-7-5-6-8-15/h12,14-19,25H,5-11H2,1-4H3,(H,31,32)/t12-,14+,16-,17-,18+,19-/m0/s1. The Morgan fingerprint density at radius 2 is 1.94 bits per heavy atom. The highest BCUT2D eigenvalue weighted by Crippen LogP contribution is 2.53. The van der Waals surface area contributed by atoms with Gasteiger partial charge in [0.1, 0.15) is 11.5 Å². The Hall–Kier alpha value is -1.87. The van der Waals surface area contributed by atoms with Gasteiger partial charge in [0.25, 0.3) is 0 Å². The summed E-state index contributed by atoms with van der Waals surface area (Å²) in [5, 5.41) is 13.3. The Kier molecular flexibility index (Phi) is 6.92. The molecule has 0 aromatic carbocycles. The van der Waals surface area contributed by atoms with Crippen molar-refractivity contribution in [2.45, 2.75) is 82.7 Å². The fraction of sp³-hybridized carbons (Fsp3) is 0.750. The highest BCUT2D eigenvalue weighted by molar-refractivity contribution is 8.03. The number of amides is 2. The van der Waals surface area contributed by atoms with Crippen molar-refractivity contribution in [1.82, 2.24) is 15.1 Å². The molecule has 6 atom stereocenters. The third-order valence-corrected chi connectivity index (χ3v) is 9.43. The Bertz CT molecular complexity index is 883. The van der Waals surface area contributed by atoms with E-state index >= 15 is 0 Å². The average Bonchev–Trinajstić information content (AvgIpc) is 3.47. The predicted octanol–water partition coefficient (Wildman–Crippen LogP) is 2.24. The van der Waals surface area contributed by atoms with Crippen molar-refractivity contribution >= 4 is 35.3 Å². The Balaban J connectivity index is 1.44. The molecule has 3 fully saturated rings. The zero-order valence-corrected chi connectivity index (χ0v) is 20.7. The van der Waals surface area contributed by atoms with Gasteiger partial charge >= 0.3 is 5.97 Å². The summed E-state index contributed by atoms with van der Waals surface area (Å²) >= 11 is 1.51. The molecular formula is C24H35N3O5S. The summed E-state index contributed by atoms with van der Waals surface area (Å²) < 4.78 is 0. The summed E-state index contributed by atoms with van der Waals surface area (Å²) in [5.41, 5.74) is 0.0895. The van der Waals surface area contributed by atoms with Crippen LogP contribution in [0.5, 0.6) is 0 Å². The molecule has 33 heavy (non-hydrogen) atoms. The van der Waals surface area contributed by atoms with Crippen molar-refractivity contribution < 1.29 is 24.3 Å². The first-order valence-electron chi connectivity index (χ1n) is 12.1. The van der Waals surface area contributed by atoms with E-state index in [0.29, 0.717) is 25.4 Å². The summed E-state index contributed by atoms with van der Waals surface area (Å²) in [6.07, 6.45) is 5.44. The number of nitrogens with one attached hydrogen (secondary N) is 1. The van der Waals surface area contributed by atoms with E-state index in [4.69, 9.17) is 0 Å². The minimum atomic E-state index is -1.09. The molecule has 2 saturated heterocycles. The Labute approximate surface area is 199 Å². The number of ketones is 1. The van der Waals surface area contributed by atoms with E-state index in [1.807, 2.05) is 25.8 Å². The molecule has 0 spiro atoms. The second-order valence-electron chi connectivity index (χ2n) is 10.2. The van der Waals surface area contributed by atoms with Gasteiger partial charge < -0.3 is 25.0 Å². The molecule has 0 aromatic rings. The van der Waals surface area contributed by atoms with Crippen LogP contribution in [-0.4, -0.2) is 75.4 Å². The number of nitrogens with zero attached hydrogens (tertiary/aromatic N) is 2. The van der Waals surface area contributed by atoms with E-state index in [1.165, 1.54) is 36.4 Å². The van der Waals surface area contributed by atoms with Crippen LogP contribution >= 0.6 is 11.8 Å². The van der Waals surface area contributed by atoms with Gasteiger partial charge in [0.15, 0.2) is 0 Å². The summed E-state index contributed by atoms with van der Waals surface area (Å²) in [6.45, 7) is 6.03. The zero-order valence-electron chi connectivity index (χ0n) is 19.9. The molecule has 0 bridgehead atoms. The van der Waals surface area contributed by atoms with E-state index in [2.05, 4.69) is 5.32 Å². The fourth-order valence-corrected chi connectivity index (χ4v) is 7.70. The van der Waals surface area contributed by atoms with E-state index in [-0.39, 0.29) is 58.4 Å². The van der Waals surface area contributed by atoms with E-state index in [1.54, 1.807) is 0 Å². The van der Waals surface area contributed by atoms with Gasteiger partial charge in [-0.3, -0.25) is 9.59 Å². The number of carboxylic acids is 1. The number of hydrogen-bond donors (Lipinski definition) is 2. The van der Waals surface area contributed by atoms with Crippen molar-refractivity contribution in [2.75, 3.05) is 13.6 Å². The maximum absolute atomic E-state index is 13.0. The van der Waals surface area contributed by atoms with Crippen molar-refractivity contribution in [2.24, 2.45) is 17.8 Å². The lowest BCUT2D eigenvalue weighted by Crippen LogP contribution is -2.62. The SMILES string of the molecule is CC(=O)C[C@H](C)[C@H]1C(=O)N2C(C(=O)O)=C(S[C@@H]3CN[C@H](C(=O)N(C)C4CCCC4)C3)[C@H](C)[C@@H]12. The van der Waals surface area contributed by atoms with Crippen LogP contribution in [0.1, 0.15) is 59.3 Å². The number of fused-ring (bicyclic) bond motifs is 1. The van der Waals surface area contributed by atoms with Crippen LogP contribution < -0.4 is 5.32 Å². The second-order valence-corrected chi connectivity index (χ2v) is 11.6. The number of carbonyl (C=O) groups excluding carboxylic acids is 3. The van der Waals surface area contributed by atoms with Crippen LogP contribution in [0.15, 0.2) is 10.6 Å². The lowest BCUT2D eigenvalue weighted by molar-refractivity contribution is -0.160. The Morgan fingerprint density at radius 1 is 1.27 bits per heavy atom. The van der Waals surface area contributed by atoms with Gasteiger partial charge in [0.2, 0.25) is 11.8 Å². The molecule has 4 aliphatic rings. The highest BCUT2D eigenvalue weighted by Gasteiger charge is 2.60. The van der Waals surface area contributed by atoms with Crippen LogP contribution in [0.3, 0.4) is 0 Å². The molecule has 3 heterocycles. The van der Waals surface area contributed by atoms with Gasteiger partial charge in [-0.1, -0.05) is 26.7 Å². The van der Waals surface area contributed by atoms with Gasteiger partial charge in [-0.2, -0.15) is 0 Å². The number of aliphatic carboxylic acids is 1. The normalized spacial score (nSPS) is 32.7. The zero-order chi connectivity index (χ0) is 24.0. The molecule has 9 heteroatoms. The van der Waals surface area contributed by atoms with Crippen molar-refractivity contribution in [3.05, 3.63) is 10.6 Å². The van der Waals surface area contributed by atoms with Gasteiger partial charge in [-0.25, -0.2) is 4.79 Å². The molecule has 3 aliphatic heterocycles. The second kappa shape index (κ2) is 9.41. The quantitative estimate of drug-likeness (QED) is 0.516. The Morgan fingerprint density at radius 3 is 2.55 bits per heavy atom. The molecule has 0 aromatic heterocycles. The van der Waals surface area contributed by atoms with Gasteiger partial charge in [-0.05, 0) is 32.1 Å². The largest absolute Gasteiger partial charge is 0.477 e. The molecule has 8 nitrogen and oxygen atoms in total. The fourth-order valence-electron chi connectivity index (χ4n) is 6.23.